The number of nitrogens with zero attached hydrogens (tertiary/aromatic N) is 1. The SMILES string of the molecule is O=C(COc1ccccc1)Nc1ccccc1C(=O)NCc1cccnc1. The van der Waals surface area contributed by atoms with Crippen LogP contribution >= 0.6 is 0 Å². The summed E-state index contributed by atoms with van der Waals surface area (Å²) < 4.78 is 5.43. The van der Waals surface area contributed by atoms with Gasteiger partial charge in [-0.05, 0) is 35.9 Å². The first-order valence-electron chi connectivity index (χ1n) is 8.46. The molecule has 2 N–H and O–H groups in total. The summed E-state index contributed by atoms with van der Waals surface area (Å²) in [4.78, 5) is 28.7. The summed E-state index contributed by atoms with van der Waals surface area (Å²) in [5, 5.41) is 5.55. The van der Waals surface area contributed by atoms with Crippen molar-refractivity contribution in [3.63, 3.8) is 0 Å². The Kier molecular flexibility index (Phi) is 6.14. The molecule has 6 nitrogen and oxygen atoms in total. The third kappa shape index (κ3) is 5.40. The van der Waals surface area contributed by atoms with E-state index in [1.807, 2.05) is 30.3 Å². The summed E-state index contributed by atoms with van der Waals surface area (Å²) in [5.41, 5.74) is 1.71. The van der Waals surface area contributed by atoms with Crippen LogP contribution < -0.4 is 15.4 Å². The van der Waals surface area contributed by atoms with Crippen molar-refractivity contribution >= 4 is 17.5 Å². The minimum absolute atomic E-state index is 0.143. The van der Waals surface area contributed by atoms with Gasteiger partial charge in [-0.15, -0.1) is 0 Å². The van der Waals surface area contributed by atoms with E-state index in [2.05, 4.69) is 15.6 Å². The number of para-hydroxylation sites is 2. The molecule has 0 saturated carbocycles. The van der Waals surface area contributed by atoms with Crippen molar-refractivity contribution < 1.29 is 14.3 Å². The molecule has 0 aliphatic heterocycles. The van der Waals surface area contributed by atoms with Crippen LogP contribution in [0.4, 0.5) is 5.69 Å². The summed E-state index contributed by atoms with van der Waals surface area (Å²) in [6, 6.07) is 19.6. The third-order valence-electron chi connectivity index (χ3n) is 3.73. The van der Waals surface area contributed by atoms with Crippen molar-refractivity contribution in [2.75, 3.05) is 11.9 Å². The third-order valence-corrected chi connectivity index (χ3v) is 3.73. The van der Waals surface area contributed by atoms with E-state index >= 15 is 0 Å². The smallest absolute Gasteiger partial charge is 0.262 e. The highest BCUT2D eigenvalue weighted by Gasteiger charge is 2.13. The Bertz CT molecular complexity index is 899. The quantitative estimate of drug-likeness (QED) is 0.678. The average Bonchev–Trinajstić information content (AvgIpc) is 2.72. The molecule has 2 amide bonds. The Morgan fingerprint density at radius 1 is 0.926 bits per heavy atom. The lowest BCUT2D eigenvalue weighted by molar-refractivity contribution is -0.118. The summed E-state index contributed by atoms with van der Waals surface area (Å²) >= 11 is 0. The van der Waals surface area contributed by atoms with Gasteiger partial charge >= 0.3 is 0 Å². The number of hydrogen-bond acceptors (Lipinski definition) is 4. The molecule has 0 unspecified atom stereocenters. The number of amides is 2. The molecule has 0 atom stereocenters. The minimum atomic E-state index is -0.341. The molecule has 0 aliphatic rings. The van der Waals surface area contributed by atoms with Gasteiger partial charge in [0.05, 0.1) is 11.3 Å². The monoisotopic (exact) mass is 361 g/mol. The van der Waals surface area contributed by atoms with Crippen molar-refractivity contribution in [2.45, 2.75) is 6.54 Å². The predicted molar refractivity (Wildman–Crippen MR) is 102 cm³/mol. The van der Waals surface area contributed by atoms with E-state index in [0.717, 1.165) is 5.56 Å². The van der Waals surface area contributed by atoms with Crippen molar-refractivity contribution in [1.29, 1.82) is 0 Å². The number of nitrogens with one attached hydrogen (secondary N) is 2. The van der Waals surface area contributed by atoms with Gasteiger partial charge in [0.25, 0.3) is 11.8 Å². The number of hydrogen-bond donors (Lipinski definition) is 2. The van der Waals surface area contributed by atoms with Gasteiger partial charge in [-0.3, -0.25) is 14.6 Å². The van der Waals surface area contributed by atoms with Gasteiger partial charge in [-0.25, -0.2) is 0 Å². The maximum atomic E-state index is 12.5. The fourth-order valence-electron chi connectivity index (χ4n) is 2.42. The highest BCUT2D eigenvalue weighted by Crippen LogP contribution is 2.15. The first kappa shape index (κ1) is 18.1. The van der Waals surface area contributed by atoms with Gasteiger partial charge in [0.15, 0.2) is 6.61 Å². The molecule has 0 saturated heterocycles. The fourth-order valence-corrected chi connectivity index (χ4v) is 2.42. The van der Waals surface area contributed by atoms with E-state index in [9.17, 15) is 9.59 Å². The van der Waals surface area contributed by atoms with Crippen LogP contribution in [0.2, 0.25) is 0 Å². The highest BCUT2D eigenvalue weighted by molar-refractivity contribution is 6.04. The summed E-state index contributed by atoms with van der Waals surface area (Å²) in [5.74, 6) is -0.0137. The van der Waals surface area contributed by atoms with E-state index in [0.29, 0.717) is 23.5 Å². The zero-order chi connectivity index (χ0) is 18.9. The molecule has 3 aromatic rings. The van der Waals surface area contributed by atoms with Crippen LogP contribution in [0, 0.1) is 0 Å². The van der Waals surface area contributed by atoms with Crippen molar-refractivity contribution in [3.05, 3.63) is 90.3 Å². The van der Waals surface area contributed by atoms with Gasteiger partial charge in [0.2, 0.25) is 0 Å². The van der Waals surface area contributed by atoms with Crippen LogP contribution in [0.3, 0.4) is 0 Å². The second kappa shape index (κ2) is 9.15. The molecular weight excluding hydrogens is 342 g/mol. The van der Waals surface area contributed by atoms with E-state index < -0.39 is 0 Å². The lowest BCUT2D eigenvalue weighted by Crippen LogP contribution is -2.26. The minimum Gasteiger partial charge on any atom is -0.484 e. The molecule has 0 radical (unpaired) electrons. The molecule has 1 aromatic heterocycles. The van der Waals surface area contributed by atoms with Crippen LogP contribution in [0.15, 0.2) is 79.1 Å². The molecule has 136 valence electrons. The van der Waals surface area contributed by atoms with Crippen molar-refractivity contribution in [1.82, 2.24) is 10.3 Å². The number of pyridine rings is 1. The zero-order valence-electron chi connectivity index (χ0n) is 14.6. The van der Waals surface area contributed by atoms with E-state index in [-0.39, 0.29) is 18.4 Å². The Balaban J connectivity index is 1.59. The number of aromatic nitrogens is 1. The maximum Gasteiger partial charge on any atom is 0.262 e. The van der Waals surface area contributed by atoms with E-state index in [1.165, 1.54) is 0 Å². The van der Waals surface area contributed by atoms with Crippen LogP contribution in [0.5, 0.6) is 5.75 Å². The van der Waals surface area contributed by atoms with Gasteiger partial charge in [-0.2, -0.15) is 0 Å². The number of rotatable bonds is 7. The van der Waals surface area contributed by atoms with Gasteiger partial charge in [0, 0.05) is 18.9 Å². The fraction of sp³-hybridized carbons (Fsp3) is 0.0952. The van der Waals surface area contributed by atoms with Crippen LogP contribution in [0.25, 0.3) is 0 Å². The molecule has 0 aliphatic carbocycles. The molecule has 3 rings (SSSR count). The van der Waals surface area contributed by atoms with Crippen LogP contribution in [-0.2, 0) is 11.3 Å². The first-order chi connectivity index (χ1) is 13.2. The normalized spacial score (nSPS) is 10.1. The summed E-state index contributed by atoms with van der Waals surface area (Å²) in [6.45, 7) is 0.210. The largest absolute Gasteiger partial charge is 0.484 e. The second-order valence-corrected chi connectivity index (χ2v) is 5.74. The molecule has 0 fully saturated rings. The maximum absolute atomic E-state index is 12.5. The van der Waals surface area contributed by atoms with Gasteiger partial charge in [-0.1, -0.05) is 36.4 Å². The standard InChI is InChI=1S/C21H19N3O3/c25-20(15-27-17-8-2-1-3-9-17)24-19-11-5-4-10-18(19)21(26)23-14-16-7-6-12-22-13-16/h1-13H,14-15H2,(H,23,26)(H,24,25). The number of anilines is 1. The Morgan fingerprint density at radius 2 is 1.70 bits per heavy atom. The summed E-state index contributed by atoms with van der Waals surface area (Å²) in [6.07, 6.45) is 3.36. The van der Waals surface area contributed by atoms with Gasteiger partial charge < -0.3 is 15.4 Å². The molecular formula is C21H19N3O3. The number of carbonyl (C=O) groups excluding carboxylic acids is 2. The van der Waals surface area contributed by atoms with Crippen molar-refractivity contribution in [2.24, 2.45) is 0 Å². The molecule has 1 heterocycles. The number of ether oxygens (including phenoxy) is 1. The molecule has 6 heteroatoms. The lowest BCUT2D eigenvalue weighted by Gasteiger charge is -2.12. The summed E-state index contributed by atoms with van der Waals surface area (Å²) in [7, 11) is 0. The second-order valence-electron chi connectivity index (χ2n) is 5.74. The Hall–Kier alpha value is -3.67. The number of benzene rings is 2. The van der Waals surface area contributed by atoms with Crippen LogP contribution in [0.1, 0.15) is 15.9 Å². The molecule has 0 bridgehead atoms. The average molecular weight is 361 g/mol. The topological polar surface area (TPSA) is 80.3 Å². The predicted octanol–water partition coefficient (Wildman–Crippen LogP) is 3.03. The van der Waals surface area contributed by atoms with E-state index in [4.69, 9.17) is 4.74 Å². The molecule has 0 spiro atoms. The van der Waals surface area contributed by atoms with E-state index in [1.54, 1.807) is 48.8 Å². The van der Waals surface area contributed by atoms with Gasteiger partial charge in [0.1, 0.15) is 5.75 Å². The first-order valence-corrected chi connectivity index (χ1v) is 8.46. The highest BCUT2D eigenvalue weighted by atomic mass is 16.5. The van der Waals surface area contributed by atoms with Crippen LogP contribution in [-0.4, -0.2) is 23.4 Å². The zero-order valence-corrected chi connectivity index (χ0v) is 14.6. The lowest BCUT2D eigenvalue weighted by atomic mass is 10.1. The Labute approximate surface area is 157 Å². The molecule has 27 heavy (non-hydrogen) atoms. The number of carbonyl (C=O) groups is 2. The van der Waals surface area contributed by atoms with Crippen molar-refractivity contribution in [3.8, 4) is 5.75 Å². The Morgan fingerprint density at radius 3 is 2.48 bits per heavy atom. The molecule has 2 aromatic carbocycles.